The zero-order chi connectivity index (χ0) is 19.3. The lowest BCUT2D eigenvalue weighted by Crippen LogP contribution is -2.47. The summed E-state index contributed by atoms with van der Waals surface area (Å²) in [5.74, 6) is 0.113. The molecular formula is C18H22FN3O4S. The number of carbonyl (C=O) groups is 1. The highest BCUT2D eigenvalue weighted by Gasteiger charge is 2.25. The number of hydrogen-bond donors (Lipinski definition) is 2. The van der Waals surface area contributed by atoms with Gasteiger partial charge in [0.15, 0.2) is 0 Å². The first-order valence-electron chi connectivity index (χ1n) is 8.72. The van der Waals surface area contributed by atoms with Gasteiger partial charge in [-0.25, -0.2) is 17.5 Å². The van der Waals surface area contributed by atoms with Gasteiger partial charge in [0.25, 0.3) is 0 Å². The molecule has 0 radical (unpaired) electrons. The van der Waals surface area contributed by atoms with Crippen LogP contribution in [0.3, 0.4) is 0 Å². The fraction of sp³-hybridized carbons (Fsp3) is 0.389. The molecule has 146 valence electrons. The lowest BCUT2D eigenvalue weighted by atomic mass is 10.1. The molecule has 0 unspecified atom stereocenters. The molecule has 27 heavy (non-hydrogen) atoms. The van der Waals surface area contributed by atoms with Crippen LogP contribution >= 0.6 is 0 Å². The van der Waals surface area contributed by atoms with Crippen molar-refractivity contribution in [3.05, 3.63) is 54.2 Å². The van der Waals surface area contributed by atoms with Gasteiger partial charge in [-0.15, -0.1) is 0 Å². The van der Waals surface area contributed by atoms with E-state index in [1.807, 2.05) is 4.90 Å². The van der Waals surface area contributed by atoms with Crippen LogP contribution in [0.4, 0.5) is 4.39 Å². The Labute approximate surface area is 157 Å². The summed E-state index contributed by atoms with van der Waals surface area (Å²) in [6, 6.07) is 8.09. The minimum Gasteiger partial charge on any atom is -0.467 e. The van der Waals surface area contributed by atoms with Crippen LogP contribution in [-0.2, 0) is 21.4 Å². The molecule has 1 aromatic heterocycles. The largest absolute Gasteiger partial charge is 0.467 e. The van der Waals surface area contributed by atoms with Gasteiger partial charge in [0.2, 0.25) is 15.9 Å². The zero-order valence-electron chi connectivity index (χ0n) is 14.7. The Morgan fingerprint density at radius 3 is 2.52 bits per heavy atom. The van der Waals surface area contributed by atoms with E-state index < -0.39 is 15.8 Å². The number of nitrogens with zero attached hydrogens (tertiary/aromatic N) is 1. The summed E-state index contributed by atoms with van der Waals surface area (Å²) < 4.78 is 45.5. The van der Waals surface area contributed by atoms with Crippen molar-refractivity contribution >= 4 is 15.9 Å². The molecule has 1 aliphatic heterocycles. The standard InChI is InChI=1S/C18H22FN3O4S/c19-14-3-5-17(6-4-14)27(24,25)21-15-7-9-22(10-8-15)13-18(23)20-12-16-2-1-11-26-16/h1-6,11,15,21H,7-10,12-13H2,(H,20,23). The van der Waals surface area contributed by atoms with Crippen LogP contribution in [0.1, 0.15) is 18.6 Å². The van der Waals surface area contributed by atoms with Crippen molar-refractivity contribution in [3.8, 4) is 0 Å². The number of halogens is 1. The number of sulfonamides is 1. The van der Waals surface area contributed by atoms with Crippen molar-refractivity contribution in [2.75, 3.05) is 19.6 Å². The second-order valence-electron chi connectivity index (χ2n) is 6.48. The van der Waals surface area contributed by atoms with Gasteiger partial charge in [0.05, 0.1) is 24.2 Å². The van der Waals surface area contributed by atoms with Gasteiger partial charge < -0.3 is 9.73 Å². The van der Waals surface area contributed by atoms with E-state index in [0.29, 0.717) is 38.2 Å². The minimum absolute atomic E-state index is 0.0450. The number of nitrogens with one attached hydrogen (secondary N) is 2. The van der Waals surface area contributed by atoms with Crippen LogP contribution in [0.15, 0.2) is 52.0 Å². The summed E-state index contributed by atoms with van der Waals surface area (Å²) in [5, 5.41) is 2.79. The van der Waals surface area contributed by atoms with Gasteiger partial charge in [-0.3, -0.25) is 9.69 Å². The molecular weight excluding hydrogens is 373 g/mol. The number of benzene rings is 1. The summed E-state index contributed by atoms with van der Waals surface area (Å²) in [5.41, 5.74) is 0. The molecule has 1 aliphatic rings. The van der Waals surface area contributed by atoms with Gasteiger partial charge >= 0.3 is 0 Å². The third kappa shape index (κ3) is 5.62. The normalized spacial score (nSPS) is 16.3. The van der Waals surface area contributed by atoms with Crippen molar-refractivity contribution in [1.82, 2.24) is 14.9 Å². The average molecular weight is 395 g/mol. The van der Waals surface area contributed by atoms with E-state index in [9.17, 15) is 17.6 Å². The highest BCUT2D eigenvalue weighted by atomic mass is 32.2. The molecule has 1 amide bonds. The molecule has 7 nitrogen and oxygen atoms in total. The van der Waals surface area contributed by atoms with Crippen LogP contribution < -0.4 is 10.0 Å². The van der Waals surface area contributed by atoms with E-state index in [0.717, 1.165) is 12.1 Å². The molecule has 0 spiro atoms. The number of furan rings is 1. The number of carbonyl (C=O) groups excluding carboxylic acids is 1. The van der Waals surface area contributed by atoms with E-state index in [2.05, 4.69) is 10.0 Å². The first kappa shape index (κ1) is 19.5. The lowest BCUT2D eigenvalue weighted by molar-refractivity contribution is -0.122. The molecule has 2 heterocycles. The maximum Gasteiger partial charge on any atom is 0.240 e. The predicted octanol–water partition coefficient (Wildman–Crippen LogP) is 1.48. The topological polar surface area (TPSA) is 91.7 Å². The van der Waals surface area contributed by atoms with E-state index in [1.54, 1.807) is 18.4 Å². The van der Waals surface area contributed by atoms with E-state index >= 15 is 0 Å². The Morgan fingerprint density at radius 1 is 1.19 bits per heavy atom. The second-order valence-corrected chi connectivity index (χ2v) is 8.20. The third-order valence-electron chi connectivity index (χ3n) is 4.44. The van der Waals surface area contributed by atoms with E-state index in [1.165, 1.54) is 12.1 Å². The molecule has 9 heteroatoms. The van der Waals surface area contributed by atoms with E-state index in [4.69, 9.17) is 4.42 Å². The monoisotopic (exact) mass is 395 g/mol. The Kier molecular flexibility index (Phi) is 6.25. The lowest BCUT2D eigenvalue weighted by Gasteiger charge is -2.31. The molecule has 1 aromatic carbocycles. The van der Waals surface area contributed by atoms with Crippen LogP contribution in [0, 0.1) is 5.82 Å². The average Bonchev–Trinajstić information content (AvgIpc) is 3.15. The van der Waals surface area contributed by atoms with Gasteiger partial charge in [0.1, 0.15) is 11.6 Å². The fourth-order valence-corrected chi connectivity index (χ4v) is 4.27. The van der Waals surface area contributed by atoms with Crippen LogP contribution in [-0.4, -0.2) is 44.9 Å². The smallest absolute Gasteiger partial charge is 0.240 e. The van der Waals surface area contributed by atoms with Crippen molar-refractivity contribution < 1.29 is 22.0 Å². The first-order chi connectivity index (χ1) is 12.9. The quantitative estimate of drug-likeness (QED) is 0.741. The summed E-state index contributed by atoms with van der Waals surface area (Å²) >= 11 is 0. The number of piperidine rings is 1. The highest BCUT2D eigenvalue weighted by molar-refractivity contribution is 7.89. The van der Waals surface area contributed by atoms with Crippen molar-refractivity contribution in [2.24, 2.45) is 0 Å². The summed E-state index contributed by atoms with van der Waals surface area (Å²) in [6.45, 7) is 1.84. The van der Waals surface area contributed by atoms with Gasteiger partial charge in [-0.1, -0.05) is 0 Å². The van der Waals surface area contributed by atoms with Crippen molar-refractivity contribution in [3.63, 3.8) is 0 Å². The number of likely N-dealkylation sites (tertiary alicyclic amines) is 1. The molecule has 3 rings (SSSR count). The highest BCUT2D eigenvalue weighted by Crippen LogP contribution is 2.15. The third-order valence-corrected chi connectivity index (χ3v) is 5.98. The summed E-state index contributed by atoms with van der Waals surface area (Å²) in [6.07, 6.45) is 2.76. The number of rotatable bonds is 7. The van der Waals surface area contributed by atoms with E-state index in [-0.39, 0.29) is 23.4 Å². The Balaban J connectivity index is 1.43. The molecule has 0 bridgehead atoms. The van der Waals surface area contributed by atoms with Crippen LogP contribution in [0.2, 0.25) is 0 Å². The molecule has 0 saturated carbocycles. The zero-order valence-corrected chi connectivity index (χ0v) is 15.5. The van der Waals surface area contributed by atoms with Gasteiger partial charge in [-0.05, 0) is 49.2 Å². The first-order valence-corrected chi connectivity index (χ1v) is 10.2. The van der Waals surface area contributed by atoms with Crippen LogP contribution in [0.5, 0.6) is 0 Å². The Morgan fingerprint density at radius 2 is 1.89 bits per heavy atom. The van der Waals surface area contributed by atoms with Crippen LogP contribution in [0.25, 0.3) is 0 Å². The van der Waals surface area contributed by atoms with Crippen molar-refractivity contribution in [2.45, 2.75) is 30.3 Å². The second kappa shape index (κ2) is 8.64. The molecule has 1 saturated heterocycles. The Bertz CT molecular complexity index is 845. The SMILES string of the molecule is O=C(CN1CCC(NS(=O)(=O)c2ccc(F)cc2)CC1)NCc1ccco1. The molecule has 0 atom stereocenters. The molecule has 0 aliphatic carbocycles. The number of amides is 1. The maximum absolute atomic E-state index is 13.0. The predicted molar refractivity (Wildman–Crippen MR) is 96.7 cm³/mol. The Hall–Kier alpha value is -2.23. The van der Waals surface area contributed by atoms with Gasteiger partial charge in [0, 0.05) is 19.1 Å². The molecule has 2 aromatic rings. The van der Waals surface area contributed by atoms with Gasteiger partial charge in [-0.2, -0.15) is 0 Å². The number of hydrogen-bond acceptors (Lipinski definition) is 5. The summed E-state index contributed by atoms with van der Waals surface area (Å²) in [4.78, 5) is 14.0. The molecule has 2 N–H and O–H groups in total. The minimum atomic E-state index is -3.68. The summed E-state index contributed by atoms with van der Waals surface area (Å²) in [7, 11) is -3.68. The maximum atomic E-state index is 13.0. The fourth-order valence-electron chi connectivity index (χ4n) is 2.97. The van der Waals surface area contributed by atoms with Crippen molar-refractivity contribution in [1.29, 1.82) is 0 Å². The molecule has 1 fully saturated rings.